The molecule has 8 heteroatoms. The zero-order chi connectivity index (χ0) is 20.5. The Kier molecular flexibility index (Phi) is 5.49. The van der Waals surface area contributed by atoms with E-state index in [9.17, 15) is 9.18 Å². The fraction of sp³-hybridized carbons (Fsp3) is 0.500. The fourth-order valence-corrected chi connectivity index (χ4v) is 3.02. The Hall–Kier alpha value is -2.77. The Labute approximate surface area is 164 Å². The molecule has 1 aromatic carbocycles. The molecular weight excluding hydrogens is 363 g/mol. The monoisotopic (exact) mass is 390 g/mol. The van der Waals surface area contributed by atoms with Gasteiger partial charge in [0, 0.05) is 13.0 Å². The molecule has 3 rings (SSSR count). The zero-order valence-electron chi connectivity index (χ0n) is 16.7. The lowest BCUT2D eigenvalue weighted by atomic mass is 10.1. The summed E-state index contributed by atoms with van der Waals surface area (Å²) in [6.07, 6.45) is -2.21. The number of halogens is 1. The second kappa shape index (κ2) is 7.69. The molecule has 28 heavy (non-hydrogen) atoms. The Balaban J connectivity index is 1.68. The van der Waals surface area contributed by atoms with Crippen LogP contribution in [0.25, 0.3) is 5.69 Å². The predicted molar refractivity (Wildman–Crippen MR) is 104 cm³/mol. The lowest BCUT2D eigenvalue weighted by Gasteiger charge is -2.35. The largest absolute Gasteiger partial charge is 0.470 e. The molecule has 1 aliphatic heterocycles. The molecule has 2 atom stereocenters. The van der Waals surface area contributed by atoms with Crippen molar-refractivity contribution >= 4 is 11.9 Å². The van der Waals surface area contributed by atoms with Gasteiger partial charge in [0.2, 0.25) is 5.88 Å². The van der Waals surface area contributed by atoms with Crippen LogP contribution in [0.2, 0.25) is 0 Å². The number of hydrogen-bond acceptors (Lipinski definition) is 5. The van der Waals surface area contributed by atoms with Crippen LogP contribution in [0.1, 0.15) is 32.8 Å². The normalized spacial score (nSPS) is 20.1. The number of nitrogens with two attached hydrogens (primary N) is 1. The number of nitrogen functional groups attached to an aromatic ring is 1. The van der Waals surface area contributed by atoms with E-state index in [1.165, 1.54) is 4.90 Å². The number of ether oxygens (including phenoxy) is 2. The summed E-state index contributed by atoms with van der Waals surface area (Å²) in [5, 5.41) is 4.41. The highest BCUT2D eigenvalue weighted by atomic mass is 19.1. The first kappa shape index (κ1) is 20.0. The Bertz CT molecular complexity index is 832. The predicted octanol–water partition coefficient (Wildman–Crippen LogP) is 3.49. The average Bonchev–Trinajstić information content (AvgIpc) is 2.91. The summed E-state index contributed by atoms with van der Waals surface area (Å²) in [5.41, 5.74) is 7.00. The van der Waals surface area contributed by atoms with E-state index in [4.69, 9.17) is 15.2 Å². The van der Waals surface area contributed by atoms with Gasteiger partial charge in [0.1, 0.15) is 17.5 Å². The van der Waals surface area contributed by atoms with Crippen molar-refractivity contribution in [3.8, 4) is 11.6 Å². The van der Waals surface area contributed by atoms with E-state index in [0.717, 1.165) is 5.69 Å². The van der Waals surface area contributed by atoms with Crippen LogP contribution in [0.4, 0.5) is 15.0 Å². The van der Waals surface area contributed by atoms with Crippen LogP contribution in [0.15, 0.2) is 30.3 Å². The first-order valence-corrected chi connectivity index (χ1v) is 9.35. The highest BCUT2D eigenvalue weighted by Crippen LogP contribution is 2.29. The standard InChI is InChI=1S/C20H27FN4O3/c1-13-17(22)25(14-8-6-5-7-9-14)23-18(13)27-16-10-11-24(12-15(16)21)19(26)28-20(2,3)4/h5-9,15-16H,10-12,22H2,1-4H3/t15-,16-/m0/s1. The van der Waals surface area contributed by atoms with E-state index < -0.39 is 24.0 Å². The van der Waals surface area contributed by atoms with Crippen LogP contribution in [0, 0.1) is 6.92 Å². The molecule has 1 aliphatic rings. The molecule has 7 nitrogen and oxygen atoms in total. The van der Waals surface area contributed by atoms with Crippen molar-refractivity contribution in [3.05, 3.63) is 35.9 Å². The van der Waals surface area contributed by atoms with Crippen LogP contribution in [0.3, 0.4) is 0 Å². The number of carbonyl (C=O) groups is 1. The molecular formula is C20H27FN4O3. The van der Waals surface area contributed by atoms with Crippen molar-refractivity contribution < 1.29 is 18.7 Å². The number of hydrogen-bond donors (Lipinski definition) is 1. The van der Waals surface area contributed by atoms with E-state index in [2.05, 4.69) is 5.10 Å². The number of nitrogens with zero attached hydrogens (tertiary/aromatic N) is 3. The molecule has 0 unspecified atom stereocenters. The third kappa shape index (κ3) is 4.37. The van der Waals surface area contributed by atoms with E-state index in [-0.39, 0.29) is 6.54 Å². The van der Waals surface area contributed by atoms with Crippen molar-refractivity contribution in [2.45, 2.75) is 52.0 Å². The van der Waals surface area contributed by atoms with Crippen LogP contribution in [-0.2, 0) is 4.74 Å². The molecule has 0 aliphatic carbocycles. The van der Waals surface area contributed by atoms with Crippen LogP contribution in [0.5, 0.6) is 5.88 Å². The molecule has 2 heterocycles. The summed E-state index contributed by atoms with van der Waals surface area (Å²) in [6, 6.07) is 9.43. The summed E-state index contributed by atoms with van der Waals surface area (Å²) in [7, 11) is 0. The van der Waals surface area contributed by atoms with Crippen LogP contribution >= 0.6 is 0 Å². The lowest BCUT2D eigenvalue weighted by Crippen LogP contribution is -2.50. The van der Waals surface area contributed by atoms with Crippen molar-refractivity contribution in [2.75, 3.05) is 18.8 Å². The fourth-order valence-electron chi connectivity index (χ4n) is 3.02. The summed E-state index contributed by atoms with van der Waals surface area (Å²) in [5.74, 6) is 0.752. The van der Waals surface area contributed by atoms with Gasteiger partial charge < -0.3 is 20.1 Å². The highest BCUT2D eigenvalue weighted by Gasteiger charge is 2.35. The molecule has 1 aromatic heterocycles. The minimum absolute atomic E-state index is 0.0759. The maximum atomic E-state index is 14.7. The van der Waals surface area contributed by atoms with Crippen LogP contribution < -0.4 is 10.5 Å². The summed E-state index contributed by atoms with van der Waals surface area (Å²) in [4.78, 5) is 13.5. The number of anilines is 1. The quantitative estimate of drug-likeness (QED) is 0.867. The molecule has 1 amide bonds. The smallest absolute Gasteiger partial charge is 0.410 e. The van der Waals surface area contributed by atoms with Crippen molar-refractivity contribution in [1.82, 2.24) is 14.7 Å². The third-order valence-electron chi connectivity index (χ3n) is 4.52. The van der Waals surface area contributed by atoms with Crippen molar-refractivity contribution in [2.24, 2.45) is 0 Å². The number of likely N-dealkylation sites (tertiary alicyclic amines) is 1. The minimum atomic E-state index is -1.34. The van der Waals surface area contributed by atoms with Gasteiger partial charge in [0.05, 0.1) is 17.8 Å². The highest BCUT2D eigenvalue weighted by molar-refractivity contribution is 5.68. The molecule has 1 fully saturated rings. The summed E-state index contributed by atoms with van der Waals surface area (Å²) in [6.45, 7) is 7.42. The second-order valence-corrected chi connectivity index (χ2v) is 7.95. The number of para-hydroxylation sites is 1. The van der Waals surface area contributed by atoms with E-state index in [0.29, 0.717) is 30.2 Å². The second-order valence-electron chi connectivity index (χ2n) is 7.95. The topological polar surface area (TPSA) is 82.6 Å². The van der Waals surface area contributed by atoms with Gasteiger partial charge in [-0.1, -0.05) is 18.2 Å². The SMILES string of the molecule is Cc1c(O[C@H]2CCN(C(=O)OC(C)(C)C)C[C@@H]2F)nn(-c2ccccc2)c1N. The number of alkyl halides is 1. The number of piperidine rings is 1. The van der Waals surface area contributed by atoms with Gasteiger partial charge in [0.15, 0.2) is 6.17 Å². The number of aromatic nitrogens is 2. The number of carbonyl (C=O) groups excluding carboxylic acids is 1. The molecule has 0 spiro atoms. The van der Waals surface area contributed by atoms with Gasteiger partial charge in [-0.2, -0.15) is 0 Å². The molecule has 2 aromatic rings. The van der Waals surface area contributed by atoms with Gasteiger partial charge in [-0.15, -0.1) is 5.10 Å². The van der Waals surface area contributed by atoms with Gasteiger partial charge in [-0.3, -0.25) is 0 Å². The molecule has 1 saturated heterocycles. The van der Waals surface area contributed by atoms with Gasteiger partial charge >= 0.3 is 6.09 Å². The Morgan fingerprint density at radius 2 is 1.96 bits per heavy atom. The summed E-state index contributed by atoms with van der Waals surface area (Å²) >= 11 is 0. The van der Waals surface area contributed by atoms with E-state index in [1.807, 2.05) is 30.3 Å². The number of benzene rings is 1. The average molecular weight is 390 g/mol. The molecule has 0 bridgehead atoms. The van der Waals surface area contributed by atoms with Crippen LogP contribution in [-0.4, -0.2) is 51.7 Å². The van der Waals surface area contributed by atoms with Crippen molar-refractivity contribution in [1.29, 1.82) is 0 Å². The zero-order valence-corrected chi connectivity index (χ0v) is 16.7. The molecule has 0 saturated carbocycles. The Morgan fingerprint density at radius 3 is 2.57 bits per heavy atom. The Morgan fingerprint density at radius 1 is 1.29 bits per heavy atom. The minimum Gasteiger partial charge on any atom is -0.470 e. The van der Waals surface area contributed by atoms with Gasteiger partial charge in [-0.05, 0) is 39.8 Å². The number of rotatable bonds is 3. The maximum absolute atomic E-state index is 14.7. The van der Waals surface area contributed by atoms with Gasteiger partial charge in [-0.25, -0.2) is 13.9 Å². The van der Waals surface area contributed by atoms with E-state index >= 15 is 0 Å². The first-order chi connectivity index (χ1) is 13.2. The number of amides is 1. The third-order valence-corrected chi connectivity index (χ3v) is 4.52. The molecule has 0 radical (unpaired) electrons. The molecule has 152 valence electrons. The first-order valence-electron chi connectivity index (χ1n) is 9.35. The summed E-state index contributed by atoms with van der Waals surface area (Å²) < 4.78 is 27.4. The molecule has 2 N–H and O–H groups in total. The van der Waals surface area contributed by atoms with Crippen molar-refractivity contribution in [3.63, 3.8) is 0 Å². The van der Waals surface area contributed by atoms with E-state index in [1.54, 1.807) is 32.4 Å². The maximum Gasteiger partial charge on any atom is 0.410 e. The lowest BCUT2D eigenvalue weighted by molar-refractivity contribution is -0.0116. The van der Waals surface area contributed by atoms with Gasteiger partial charge in [0.25, 0.3) is 0 Å².